The van der Waals surface area contributed by atoms with Gasteiger partial charge in [-0.25, -0.2) is 9.59 Å². The van der Waals surface area contributed by atoms with E-state index in [1.54, 1.807) is 24.5 Å². The summed E-state index contributed by atoms with van der Waals surface area (Å²) in [5.41, 5.74) is 0.0190. The molecule has 0 saturated carbocycles. The second-order valence-corrected chi connectivity index (χ2v) is 3.19. The number of carboxylic acids is 1. The first kappa shape index (κ1) is 10.9. The lowest BCUT2D eigenvalue weighted by Crippen LogP contribution is -2.18. The Balaban J connectivity index is 2.19. The molecule has 2 aromatic rings. The smallest absolute Gasteiger partial charge is 0.365 e. The molecule has 0 aliphatic carbocycles. The van der Waals surface area contributed by atoms with E-state index in [0.717, 1.165) is 6.20 Å². The van der Waals surface area contributed by atoms with E-state index in [1.807, 2.05) is 0 Å². The average Bonchev–Trinajstić information content (AvgIpc) is 2.82. The fourth-order valence-electron chi connectivity index (χ4n) is 1.20. The minimum Gasteiger partial charge on any atom is -0.478 e. The SMILES string of the molecule is O=C(O)c1cncc(C(=O)On2cccc2)c1. The van der Waals surface area contributed by atoms with Gasteiger partial charge in [0.2, 0.25) is 0 Å². The number of carbonyl (C=O) groups is 2. The van der Waals surface area contributed by atoms with E-state index in [9.17, 15) is 9.59 Å². The van der Waals surface area contributed by atoms with Crippen LogP contribution < -0.4 is 4.84 Å². The first-order valence-corrected chi connectivity index (χ1v) is 4.71. The number of hydrogen-bond acceptors (Lipinski definition) is 4. The van der Waals surface area contributed by atoms with Crippen LogP contribution in [0, 0.1) is 0 Å². The van der Waals surface area contributed by atoms with E-state index in [4.69, 9.17) is 9.94 Å². The molecule has 0 aliphatic heterocycles. The molecule has 6 heteroatoms. The van der Waals surface area contributed by atoms with Gasteiger partial charge in [-0.1, -0.05) is 0 Å². The largest absolute Gasteiger partial charge is 0.478 e. The summed E-state index contributed by atoms with van der Waals surface area (Å²) in [6, 6.07) is 4.60. The highest BCUT2D eigenvalue weighted by Crippen LogP contribution is 2.03. The number of carbonyl (C=O) groups excluding carboxylic acids is 1. The first-order valence-electron chi connectivity index (χ1n) is 4.71. The lowest BCUT2D eigenvalue weighted by Gasteiger charge is -2.04. The van der Waals surface area contributed by atoms with Gasteiger partial charge in [0.05, 0.1) is 11.1 Å². The number of aromatic carboxylic acids is 1. The molecule has 0 atom stereocenters. The third kappa shape index (κ3) is 2.49. The van der Waals surface area contributed by atoms with Gasteiger partial charge in [0.1, 0.15) is 0 Å². The molecule has 2 heterocycles. The third-order valence-electron chi connectivity index (χ3n) is 1.99. The Labute approximate surface area is 96.0 Å². The zero-order valence-corrected chi connectivity index (χ0v) is 8.61. The molecular formula is C11H8N2O4. The standard InChI is InChI=1S/C11H8N2O4/c14-10(15)8-5-9(7-12-6-8)11(16)17-13-3-1-2-4-13/h1-7H,(H,14,15). The molecular weight excluding hydrogens is 224 g/mol. The van der Waals surface area contributed by atoms with Crippen LogP contribution in [0.4, 0.5) is 0 Å². The van der Waals surface area contributed by atoms with Crippen LogP contribution in [0.1, 0.15) is 20.7 Å². The molecule has 0 spiro atoms. The lowest BCUT2D eigenvalue weighted by atomic mass is 10.2. The van der Waals surface area contributed by atoms with Crippen molar-refractivity contribution in [2.45, 2.75) is 0 Å². The normalized spacial score (nSPS) is 9.88. The molecule has 0 aromatic carbocycles. The summed E-state index contributed by atoms with van der Waals surface area (Å²) in [5, 5.41) is 8.75. The lowest BCUT2D eigenvalue weighted by molar-refractivity contribution is 0.0462. The Morgan fingerprint density at radius 3 is 2.47 bits per heavy atom. The minimum atomic E-state index is -1.15. The van der Waals surface area contributed by atoms with Gasteiger partial charge in [0.25, 0.3) is 0 Å². The molecule has 0 radical (unpaired) electrons. The fourth-order valence-corrected chi connectivity index (χ4v) is 1.20. The summed E-state index contributed by atoms with van der Waals surface area (Å²) in [4.78, 5) is 30.9. The van der Waals surface area contributed by atoms with Crippen molar-refractivity contribution in [3.8, 4) is 0 Å². The van der Waals surface area contributed by atoms with Crippen molar-refractivity contribution in [1.29, 1.82) is 0 Å². The van der Waals surface area contributed by atoms with Crippen LogP contribution >= 0.6 is 0 Å². The van der Waals surface area contributed by atoms with Crippen LogP contribution in [0.3, 0.4) is 0 Å². The number of rotatable bonds is 3. The van der Waals surface area contributed by atoms with Gasteiger partial charge in [0, 0.05) is 24.8 Å². The number of pyridine rings is 1. The molecule has 0 unspecified atom stereocenters. The van der Waals surface area contributed by atoms with Gasteiger partial charge in [-0.2, -0.15) is 4.73 Å². The van der Waals surface area contributed by atoms with Gasteiger partial charge in [-0.05, 0) is 18.2 Å². The molecule has 17 heavy (non-hydrogen) atoms. The highest BCUT2D eigenvalue weighted by Gasteiger charge is 2.12. The Kier molecular flexibility index (Phi) is 2.87. The van der Waals surface area contributed by atoms with E-state index >= 15 is 0 Å². The Bertz CT molecular complexity index is 548. The molecule has 1 N–H and O–H groups in total. The van der Waals surface area contributed by atoms with Crippen LogP contribution in [-0.2, 0) is 0 Å². The molecule has 0 saturated heterocycles. The highest BCUT2D eigenvalue weighted by molar-refractivity contribution is 5.94. The molecule has 0 fully saturated rings. The maximum absolute atomic E-state index is 11.6. The van der Waals surface area contributed by atoms with Crippen LogP contribution in [-0.4, -0.2) is 26.8 Å². The molecule has 2 rings (SSSR count). The van der Waals surface area contributed by atoms with Crippen molar-refractivity contribution in [3.63, 3.8) is 0 Å². The first-order chi connectivity index (χ1) is 8.16. The van der Waals surface area contributed by atoms with Crippen LogP contribution in [0.2, 0.25) is 0 Å². The van der Waals surface area contributed by atoms with Crippen molar-refractivity contribution in [2.75, 3.05) is 0 Å². The Morgan fingerprint density at radius 1 is 1.18 bits per heavy atom. The van der Waals surface area contributed by atoms with Gasteiger partial charge in [-0.3, -0.25) is 4.98 Å². The zero-order valence-electron chi connectivity index (χ0n) is 8.61. The second-order valence-electron chi connectivity index (χ2n) is 3.19. The second kappa shape index (κ2) is 4.48. The molecule has 86 valence electrons. The van der Waals surface area contributed by atoms with Crippen molar-refractivity contribution >= 4 is 11.9 Å². The molecule has 0 amide bonds. The van der Waals surface area contributed by atoms with Gasteiger partial charge < -0.3 is 9.94 Å². The van der Waals surface area contributed by atoms with Crippen molar-refractivity contribution in [3.05, 3.63) is 54.1 Å². The number of nitrogens with zero attached hydrogens (tertiary/aromatic N) is 2. The quantitative estimate of drug-likeness (QED) is 0.848. The number of carboxylic acid groups (broad SMARTS) is 1. The van der Waals surface area contributed by atoms with E-state index in [2.05, 4.69) is 4.98 Å². The van der Waals surface area contributed by atoms with Crippen molar-refractivity contribution in [1.82, 2.24) is 9.71 Å². The number of aromatic nitrogens is 2. The summed E-state index contributed by atoms with van der Waals surface area (Å²) in [6.45, 7) is 0. The molecule has 0 aliphatic rings. The van der Waals surface area contributed by atoms with Crippen LogP contribution in [0.15, 0.2) is 43.0 Å². The average molecular weight is 232 g/mol. The maximum atomic E-state index is 11.6. The zero-order chi connectivity index (χ0) is 12.3. The van der Waals surface area contributed by atoms with Crippen molar-refractivity contribution in [2.24, 2.45) is 0 Å². The molecule has 0 bridgehead atoms. The summed E-state index contributed by atoms with van der Waals surface area (Å²) in [6.07, 6.45) is 5.51. The fraction of sp³-hybridized carbons (Fsp3) is 0. The molecule has 6 nitrogen and oxygen atoms in total. The summed E-state index contributed by atoms with van der Waals surface area (Å²) < 4.78 is 1.22. The predicted octanol–water partition coefficient (Wildman–Crippen LogP) is 0.850. The maximum Gasteiger partial charge on any atom is 0.365 e. The van der Waals surface area contributed by atoms with Gasteiger partial charge >= 0.3 is 11.9 Å². The summed E-state index contributed by atoms with van der Waals surface area (Å²) >= 11 is 0. The predicted molar refractivity (Wildman–Crippen MR) is 56.5 cm³/mol. The van der Waals surface area contributed by atoms with E-state index in [0.29, 0.717) is 0 Å². The Morgan fingerprint density at radius 2 is 1.82 bits per heavy atom. The minimum absolute atomic E-state index is 0.0630. The summed E-state index contributed by atoms with van der Waals surface area (Å²) in [5.74, 6) is -1.81. The number of hydrogen-bond donors (Lipinski definition) is 1. The van der Waals surface area contributed by atoms with Crippen LogP contribution in [0.5, 0.6) is 0 Å². The van der Waals surface area contributed by atoms with Crippen LogP contribution in [0.25, 0.3) is 0 Å². The van der Waals surface area contributed by atoms with E-state index in [-0.39, 0.29) is 11.1 Å². The molecule has 2 aromatic heterocycles. The van der Waals surface area contributed by atoms with E-state index in [1.165, 1.54) is 17.0 Å². The monoisotopic (exact) mass is 232 g/mol. The van der Waals surface area contributed by atoms with Gasteiger partial charge in [-0.15, -0.1) is 0 Å². The summed E-state index contributed by atoms with van der Waals surface area (Å²) in [7, 11) is 0. The Hall–Kier alpha value is -2.63. The van der Waals surface area contributed by atoms with E-state index < -0.39 is 11.9 Å². The van der Waals surface area contributed by atoms with Crippen molar-refractivity contribution < 1.29 is 19.5 Å². The highest BCUT2D eigenvalue weighted by atomic mass is 16.7. The third-order valence-corrected chi connectivity index (χ3v) is 1.99. The topological polar surface area (TPSA) is 81.4 Å². The van der Waals surface area contributed by atoms with Gasteiger partial charge in [0.15, 0.2) is 0 Å².